The molecule has 0 radical (unpaired) electrons. The molecule has 0 aliphatic rings. The highest BCUT2D eigenvalue weighted by atomic mass is 16.3. The molecule has 2 N–H and O–H groups in total. The fourth-order valence-corrected chi connectivity index (χ4v) is 2.61. The quantitative estimate of drug-likeness (QED) is 0.603. The summed E-state index contributed by atoms with van der Waals surface area (Å²) in [5, 5.41) is 5.59. The van der Waals surface area contributed by atoms with E-state index in [0.29, 0.717) is 17.9 Å². The van der Waals surface area contributed by atoms with E-state index in [-0.39, 0.29) is 24.1 Å². The zero-order valence-electron chi connectivity index (χ0n) is 14.9. The first-order valence-corrected chi connectivity index (χ1v) is 8.81. The molecule has 0 saturated heterocycles. The Morgan fingerprint density at radius 3 is 2.59 bits per heavy atom. The van der Waals surface area contributed by atoms with Gasteiger partial charge in [-0.1, -0.05) is 30.3 Å². The van der Waals surface area contributed by atoms with E-state index in [4.69, 9.17) is 4.42 Å². The Labute approximate surface area is 157 Å². The Hall–Kier alpha value is -3.41. The molecule has 0 aliphatic heterocycles. The van der Waals surface area contributed by atoms with Gasteiger partial charge in [-0.25, -0.2) is 0 Å². The number of nitrogens with zero attached hydrogens (tertiary/aromatic N) is 1. The lowest BCUT2D eigenvalue weighted by Crippen LogP contribution is -2.27. The average molecular weight is 363 g/mol. The average Bonchev–Trinajstić information content (AvgIpc) is 3.24. The number of hydrogen-bond acceptors (Lipinski definition) is 4. The molecule has 2 amide bonds. The minimum atomic E-state index is -0.288. The van der Waals surface area contributed by atoms with E-state index in [1.165, 1.54) is 17.8 Å². The summed E-state index contributed by atoms with van der Waals surface area (Å²) in [5.41, 5.74) is 1.84. The van der Waals surface area contributed by atoms with Crippen LogP contribution in [0.25, 0.3) is 0 Å². The molecule has 2 aromatic heterocycles. The van der Waals surface area contributed by atoms with E-state index in [0.717, 1.165) is 12.8 Å². The maximum atomic E-state index is 12.3. The Morgan fingerprint density at radius 2 is 1.81 bits per heavy atom. The summed E-state index contributed by atoms with van der Waals surface area (Å²) in [7, 11) is 0. The standard InChI is InChI=1S/C21H21N3O3/c25-20(24-15-18-9-5-13-27-18)17-10-12-22-19(14-17)21(26)23-11-4-8-16-6-2-1-3-7-16/h1-3,5-7,9-10,12-14H,4,8,11,15H2,(H,23,26)(H,24,25). The van der Waals surface area contributed by atoms with Gasteiger partial charge in [0.25, 0.3) is 11.8 Å². The van der Waals surface area contributed by atoms with Gasteiger partial charge < -0.3 is 15.1 Å². The van der Waals surface area contributed by atoms with Crippen LogP contribution < -0.4 is 10.6 Å². The van der Waals surface area contributed by atoms with Crippen LogP contribution in [0.5, 0.6) is 0 Å². The fourth-order valence-electron chi connectivity index (χ4n) is 2.61. The van der Waals surface area contributed by atoms with Crippen molar-refractivity contribution in [1.82, 2.24) is 15.6 Å². The van der Waals surface area contributed by atoms with Crippen molar-refractivity contribution in [2.24, 2.45) is 0 Å². The zero-order chi connectivity index (χ0) is 18.9. The third-order valence-electron chi connectivity index (χ3n) is 4.03. The van der Waals surface area contributed by atoms with Crippen LogP contribution in [0.3, 0.4) is 0 Å². The Kier molecular flexibility index (Phi) is 6.35. The number of aryl methyl sites for hydroxylation is 1. The van der Waals surface area contributed by atoms with Gasteiger partial charge in [-0.05, 0) is 42.7 Å². The van der Waals surface area contributed by atoms with Gasteiger partial charge in [-0.2, -0.15) is 0 Å². The van der Waals surface area contributed by atoms with Crippen LogP contribution >= 0.6 is 0 Å². The molecule has 138 valence electrons. The number of amides is 2. The molecule has 6 heteroatoms. The Morgan fingerprint density at radius 1 is 0.963 bits per heavy atom. The third-order valence-corrected chi connectivity index (χ3v) is 4.03. The van der Waals surface area contributed by atoms with Crippen molar-refractivity contribution in [1.29, 1.82) is 0 Å². The van der Waals surface area contributed by atoms with E-state index in [9.17, 15) is 9.59 Å². The van der Waals surface area contributed by atoms with Gasteiger partial charge >= 0.3 is 0 Å². The van der Waals surface area contributed by atoms with Crippen molar-refractivity contribution in [3.05, 3.63) is 89.6 Å². The van der Waals surface area contributed by atoms with Crippen LogP contribution in [-0.4, -0.2) is 23.3 Å². The first-order valence-electron chi connectivity index (χ1n) is 8.81. The molecular weight excluding hydrogens is 342 g/mol. The van der Waals surface area contributed by atoms with Gasteiger partial charge in [0.1, 0.15) is 11.5 Å². The number of rotatable bonds is 8. The van der Waals surface area contributed by atoms with Crippen LogP contribution in [0.1, 0.15) is 38.6 Å². The topological polar surface area (TPSA) is 84.2 Å². The SMILES string of the molecule is O=C(NCc1ccco1)c1ccnc(C(=O)NCCCc2ccccc2)c1. The molecule has 0 spiro atoms. The second kappa shape index (κ2) is 9.33. The van der Waals surface area contributed by atoms with E-state index in [1.54, 1.807) is 24.5 Å². The van der Waals surface area contributed by atoms with Crippen LogP contribution in [-0.2, 0) is 13.0 Å². The van der Waals surface area contributed by atoms with Crippen molar-refractivity contribution in [2.75, 3.05) is 6.54 Å². The molecule has 0 saturated carbocycles. The number of pyridine rings is 1. The lowest BCUT2D eigenvalue weighted by molar-refractivity contribution is 0.0948. The summed E-state index contributed by atoms with van der Waals surface area (Å²) in [6.45, 7) is 0.833. The van der Waals surface area contributed by atoms with Gasteiger partial charge in [0.15, 0.2) is 0 Å². The van der Waals surface area contributed by atoms with Gasteiger partial charge in [-0.3, -0.25) is 14.6 Å². The highest BCUT2D eigenvalue weighted by Gasteiger charge is 2.12. The lowest BCUT2D eigenvalue weighted by Gasteiger charge is -2.07. The summed E-state index contributed by atoms with van der Waals surface area (Å²) in [5.74, 6) is 0.0875. The summed E-state index contributed by atoms with van der Waals surface area (Å²) in [4.78, 5) is 28.5. The smallest absolute Gasteiger partial charge is 0.269 e. The zero-order valence-corrected chi connectivity index (χ0v) is 14.9. The summed E-state index contributed by atoms with van der Waals surface area (Å²) in [6.07, 6.45) is 4.73. The molecule has 0 fully saturated rings. The molecular formula is C21H21N3O3. The van der Waals surface area contributed by atoms with Gasteiger partial charge in [0, 0.05) is 18.3 Å². The van der Waals surface area contributed by atoms with E-state index in [1.807, 2.05) is 18.2 Å². The lowest BCUT2D eigenvalue weighted by atomic mass is 10.1. The summed E-state index contributed by atoms with van der Waals surface area (Å²) in [6, 6.07) is 16.7. The number of furan rings is 1. The van der Waals surface area contributed by atoms with Crippen LogP contribution in [0.15, 0.2) is 71.5 Å². The first kappa shape index (κ1) is 18.4. The highest BCUT2D eigenvalue weighted by Crippen LogP contribution is 2.05. The second-order valence-electron chi connectivity index (χ2n) is 6.04. The highest BCUT2D eigenvalue weighted by molar-refractivity contribution is 5.98. The number of hydrogen-bond donors (Lipinski definition) is 2. The van der Waals surface area contributed by atoms with Crippen LogP contribution in [0.4, 0.5) is 0 Å². The van der Waals surface area contributed by atoms with Crippen LogP contribution in [0.2, 0.25) is 0 Å². The minimum absolute atomic E-state index is 0.223. The number of benzene rings is 1. The molecule has 3 aromatic rings. The van der Waals surface area contributed by atoms with Crippen LogP contribution in [0, 0.1) is 0 Å². The number of aromatic nitrogens is 1. The van der Waals surface area contributed by atoms with E-state index in [2.05, 4.69) is 27.8 Å². The largest absolute Gasteiger partial charge is 0.467 e. The van der Waals surface area contributed by atoms with Gasteiger partial charge in [0.2, 0.25) is 0 Å². The summed E-state index contributed by atoms with van der Waals surface area (Å²) >= 11 is 0. The van der Waals surface area contributed by atoms with Crippen molar-refractivity contribution in [3.63, 3.8) is 0 Å². The van der Waals surface area contributed by atoms with Gasteiger partial charge in [-0.15, -0.1) is 0 Å². The molecule has 0 aliphatic carbocycles. The normalized spacial score (nSPS) is 10.4. The number of carbonyl (C=O) groups is 2. The molecule has 6 nitrogen and oxygen atoms in total. The monoisotopic (exact) mass is 363 g/mol. The molecule has 0 unspecified atom stereocenters. The molecule has 0 atom stereocenters. The van der Waals surface area contributed by atoms with Crippen molar-refractivity contribution >= 4 is 11.8 Å². The van der Waals surface area contributed by atoms with E-state index < -0.39 is 0 Å². The van der Waals surface area contributed by atoms with E-state index >= 15 is 0 Å². The third kappa shape index (κ3) is 5.54. The van der Waals surface area contributed by atoms with Crippen molar-refractivity contribution in [3.8, 4) is 0 Å². The van der Waals surface area contributed by atoms with Gasteiger partial charge in [0.05, 0.1) is 12.8 Å². The predicted octanol–water partition coefficient (Wildman–Crippen LogP) is 2.97. The van der Waals surface area contributed by atoms with Crippen molar-refractivity contribution in [2.45, 2.75) is 19.4 Å². The minimum Gasteiger partial charge on any atom is -0.467 e. The maximum absolute atomic E-state index is 12.3. The molecule has 1 aromatic carbocycles. The maximum Gasteiger partial charge on any atom is 0.269 e. The predicted molar refractivity (Wildman–Crippen MR) is 101 cm³/mol. The number of carbonyl (C=O) groups excluding carboxylic acids is 2. The number of nitrogens with one attached hydrogen (secondary N) is 2. The fraction of sp³-hybridized carbons (Fsp3) is 0.190. The van der Waals surface area contributed by atoms with Crippen molar-refractivity contribution < 1.29 is 14.0 Å². The first-order chi connectivity index (χ1) is 13.2. The Bertz CT molecular complexity index is 877. The Balaban J connectivity index is 1.48. The second-order valence-corrected chi connectivity index (χ2v) is 6.04. The summed E-state index contributed by atoms with van der Waals surface area (Å²) < 4.78 is 5.18. The molecule has 0 bridgehead atoms. The molecule has 3 rings (SSSR count). The molecule has 2 heterocycles. The molecule has 27 heavy (non-hydrogen) atoms.